The van der Waals surface area contributed by atoms with Gasteiger partial charge in [-0.3, -0.25) is 4.79 Å². The van der Waals surface area contributed by atoms with Crippen molar-refractivity contribution in [3.63, 3.8) is 0 Å². The molecule has 0 bridgehead atoms. The van der Waals surface area contributed by atoms with Crippen molar-refractivity contribution in [2.45, 2.75) is 32.3 Å². The molecule has 0 aliphatic rings. The highest BCUT2D eigenvalue weighted by Gasteiger charge is 2.03. The summed E-state index contributed by atoms with van der Waals surface area (Å²) in [5.74, 6) is 0.0458. The van der Waals surface area contributed by atoms with Crippen LogP contribution in [0.4, 0.5) is 5.69 Å². The lowest BCUT2D eigenvalue weighted by molar-refractivity contribution is -0.116. The van der Waals surface area contributed by atoms with Crippen LogP contribution in [0.25, 0.3) is 0 Å². The molecule has 0 aliphatic heterocycles. The maximum absolute atomic E-state index is 11.8. The third kappa shape index (κ3) is 8.45. The van der Waals surface area contributed by atoms with Gasteiger partial charge >= 0.3 is 0 Å². The number of ether oxygens (including phenoxy) is 2. The first-order valence-electron chi connectivity index (χ1n) is 7.42. The Morgan fingerprint density at radius 1 is 1.24 bits per heavy atom. The van der Waals surface area contributed by atoms with E-state index in [0.717, 1.165) is 30.5 Å². The number of rotatable bonds is 11. The van der Waals surface area contributed by atoms with Crippen LogP contribution >= 0.6 is 0 Å². The quantitative estimate of drug-likeness (QED) is 0.614. The Morgan fingerprint density at radius 2 is 2.10 bits per heavy atom. The highest BCUT2D eigenvalue weighted by atomic mass is 16.5. The monoisotopic (exact) mass is 294 g/mol. The van der Waals surface area contributed by atoms with Crippen molar-refractivity contribution in [3.8, 4) is 0 Å². The predicted molar refractivity (Wildman–Crippen MR) is 84.1 cm³/mol. The molecule has 5 heteroatoms. The molecule has 0 unspecified atom stereocenters. The van der Waals surface area contributed by atoms with Crippen molar-refractivity contribution >= 4 is 11.6 Å². The normalized spacial score (nSPS) is 10.6. The van der Waals surface area contributed by atoms with Crippen LogP contribution in [0.1, 0.15) is 31.2 Å². The molecule has 21 heavy (non-hydrogen) atoms. The third-order valence-corrected chi connectivity index (χ3v) is 3.02. The minimum atomic E-state index is 0.0458. The van der Waals surface area contributed by atoms with Crippen molar-refractivity contribution in [3.05, 3.63) is 29.8 Å². The molecule has 3 N–H and O–H groups in total. The van der Waals surface area contributed by atoms with Gasteiger partial charge in [-0.2, -0.15) is 0 Å². The smallest absolute Gasteiger partial charge is 0.224 e. The first kappa shape index (κ1) is 17.6. The number of amides is 1. The summed E-state index contributed by atoms with van der Waals surface area (Å²) < 4.78 is 10.4. The molecule has 1 aromatic carbocycles. The average Bonchev–Trinajstić information content (AvgIpc) is 2.49. The second kappa shape index (κ2) is 11.3. The van der Waals surface area contributed by atoms with Crippen LogP contribution < -0.4 is 11.1 Å². The number of hydrogen-bond acceptors (Lipinski definition) is 4. The minimum Gasteiger partial charge on any atom is -0.382 e. The van der Waals surface area contributed by atoms with Crippen LogP contribution in [0.3, 0.4) is 0 Å². The SMILES string of the molecule is COCCOCc1cccc(NC(=O)CCCCCN)c1. The number of nitrogens with two attached hydrogens (primary N) is 1. The zero-order chi connectivity index (χ0) is 15.3. The summed E-state index contributed by atoms with van der Waals surface area (Å²) in [6.45, 7) is 2.35. The summed E-state index contributed by atoms with van der Waals surface area (Å²) in [5.41, 5.74) is 7.27. The van der Waals surface area contributed by atoms with Gasteiger partial charge in [0.2, 0.25) is 5.91 Å². The Hall–Kier alpha value is -1.43. The van der Waals surface area contributed by atoms with Crippen molar-refractivity contribution < 1.29 is 14.3 Å². The zero-order valence-corrected chi connectivity index (χ0v) is 12.8. The lowest BCUT2D eigenvalue weighted by atomic mass is 10.1. The van der Waals surface area contributed by atoms with E-state index >= 15 is 0 Å². The molecule has 0 saturated heterocycles. The van der Waals surface area contributed by atoms with Crippen LogP contribution in [0, 0.1) is 0 Å². The van der Waals surface area contributed by atoms with Crippen molar-refractivity contribution in [1.29, 1.82) is 0 Å². The highest BCUT2D eigenvalue weighted by Crippen LogP contribution is 2.12. The number of unbranched alkanes of at least 4 members (excludes halogenated alkanes) is 2. The number of methoxy groups -OCH3 is 1. The largest absolute Gasteiger partial charge is 0.382 e. The Labute approximate surface area is 126 Å². The van der Waals surface area contributed by atoms with E-state index in [-0.39, 0.29) is 5.91 Å². The van der Waals surface area contributed by atoms with E-state index in [1.807, 2.05) is 24.3 Å². The van der Waals surface area contributed by atoms with Gasteiger partial charge in [-0.1, -0.05) is 18.6 Å². The molecular formula is C16H26N2O3. The van der Waals surface area contributed by atoms with Gasteiger partial charge in [0.1, 0.15) is 0 Å². The summed E-state index contributed by atoms with van der Waals surface area (Å²) >= 11 is 0. The fourth-order valence-electron chi connectivity index (χ4n) is 1.90. The van der Waals surface area contributed by atoms with Crippen molar-refractivity contribution in [1.82, 2.24) is 0 Å². The predicted octanol–water partition coefficient (Wildman–Crippen LogP) is 2.31. The number of hydrogen-bond donors (Lipinski definition) is 2. The highest BCUT2D eigenvalue weighted by molar-refractivity contribution is 5.90. The molecule has 0 heterocycles. The van der Waals surface area contributed by atoms with Gasteiger partial charge in [-0.05, 0) is 37.1 Å². The zero-order valence-electron chi connectivity index (χ0n) is 12.8. The molecule has 0 atom stereocenters. The van der Waals surface area contributed by atoms with Gasteiger partial charge in [0.05, 0.1) is 19.8 Å². The Kier molecular flexibility index (Phi) is 9.44. The van der Waals surface area contributed by atoms with E-state index in [4.69, 9.17) is 15.2 Å². The molecule has 0 fully saturated rings. The minimum absolute atomic E-state index is 0.0458. The fourth-order valence-corrected chi connectivity index (χ4v) is 1.90. The van der Waals surface area contributed by atoms with E-state index in [0.29, 0.717) is 32.8 Å². The fraction of sp³-hybridized carbons (Fsp3) is 0.562. The van der Waals surface area contributed by atoms with E-state index < -0.39 is 0 Å². The number of benzene rings is 1. The van der Waals surface area contributed by atoms with Gasteiger partial charge < -0.3 is 20.5 Å². The molecule has 5 nitrogen and oxygen atoms in total. The maximum atomic E-state index is 11.8. The Morgan fingerprint density at radius 3 is 2.86 bits per heavy atom. The van der Waals surface area contributed by atoms with Crippen LogP contribution in [-0.2, 0) is 20.9 Å². The summed E-state index contributed by atoms with van der Waals surface area (Å²) in [4.78, 5) is 11.8. The van der Waals surface area contributed by atoms with E-state index in [1.165, 1.54) is 0 Å². The molecule has 0 saturated carbocycles. The molecular weight excluding hydrogens is 268 g/mol. The number of anilines is 1. The second-order valence-corrected chi connectivity index (χ2v) is 4.89. The van der Waals surface area contributed by atoms with Crippen molar-refractivity contribution in [2.24, 2.45) is 5.73 Å². The van der Waals surface area contributed by atoms with Crippen LogP contribution in [-0.4, -0.2) is 32.8 Å². The van der Waals surface area contributed by atoms with Gasteiger partial charge in [-0.25, -0.2) is 0 Å². The lowest BCUT2D eigenvalue weighted by Crippen LogP contribution is -2.11. The lowest BCUT2D eigenvalue weighted by Gasteiger charge is -2.08. The molecule has 118 valence electrons. The summed E-state index contributed by atoms with van der Waals surface area (Å²) in [6.07, 6.45) is 3.39. The number of carbonyl (C=O) groups excluding carboxylic acids is 1. The van der Waals surface area contributed by atoms with Crippen LogP contribution in [0.2, 0.25) is 0 Å². The molecule has 1 amide bonds. The number of carbonyl (C=O) groups is 1. The Bertz CT molecular complexity index is 410. The topological polar surface area (TPSA) is 73.6 Å². The number of nitrogens with one attached hydrogen (secondary N) is 1. The second-order valence-electron chi connectivity index (χ2n) is 4.89. The van der Waals surface area contributed by atoms with Gasteiger partial charge in [0, 0.05) is 19.2 Å². The van der Waals surface area contributed by atoms with Gasteiger partial charge in [0.25, 0.3) is 0 Å². The summed E-state index contributed by atoms with van der Waals surface area (Å²) in [6, 6.07) is 7.71. The summed E-state index contributed by atoms with van der Waals surface area (Å²) in [7, 11) is 1.65. The van der Waals surface area contributed by atoms with E-state index in [9.17, 15) is 4.79 Å². The molecule has 1 rings (SSSR count). The maximum Gasteiger partial charge on any atom is 0.224 e. The molecule has 0 spiro atoms. The molecule has 0 aromatic heterocycles. The average molecular weight is 294 g/mol. The molecule has 0 radical (unpaired) electrons. The first-order chi connectivity index (χ1) is 10.3. The first-order valence-corrected chi connectivity index (χ1v) is 7.42. The van der Waals surface area contributed by atoms with Crippen molar-refractivity contribution in [2.75, 3.05) is 32.2 Å². The molecule has 1 aromatic rings. The Balaban J connectivity index is 2.32. The van der Waals surface area contributed by atoms with E-state index in [1.54, 1.807) is 7.11 Å². The van der Waals surface area contributed by atoms with Crippen LogP contribution in [0.15, 0.2) is 24.3 Å². The van der Waals surface area contributed by atoms with E-state index in [2.05, 4.69) is 5.32 Å². The van der Waals surface area contributed by atoms with Gasteiger partial charge in [-0.15, -0.1) is 0 Å². The molecule has 0 aliphatic carbocycles. The third-order valence-electron chi connectivity index (χ3n) is 3.02. The summed E-state index contributed by atoms with van der Waals surface area (Å²) in [5, 5.41) is 2.91. The standard InChI is InChI=1S/C16H26N2O3/c1-20-10-11-21-13-14-6-5-7-15(12-14)18-16(19)8-3-2-4-9-17/h5-7,12H,2-4,8-11,13,17H2,1H3,(H,18,19). The van der Waals surface area contributed by atoms with Gasteiger partial charge in [0.15, 0.2) is 0 Å². The van der Waals surface area contributed by atoms with Crippen LogP contribution in [0.5, 0.6) is 0 Å².